The van der Waals surface area contributed by atoms with E-state index in [2.05, 4.69) is 5.32 Å². The summed E-state index contributed by atoms with van der Waals surface area (Å²) < 4.78 is 0. The number of halogens is 1. The average Bonchev–Trinajstić information content (AvgIpc) is 2.15. The molecule has 0 fully saturated rings. The van der Waals surface area contributed by atoms with E-state index in [1.54, 1.807) is 0 Å². The molecule has 1 rings (SSSR count). The number of rotatable bonds is 3. The number of hydrogen-bond acceptors (Lipinski definition) is 3. The van der Waals surface area contributed by atoms with Crippen molar-refractivity contribution in [3.8, 4) is 0 Å². The third-order valence-electron chi connectivity index (χ3n) is 1.90. The predicted octanol–water partition coefficient (Wildman–Crippen LogP) is 1.13. The van der Waals surface area contributed by atoms with Crippen LogP contribution in [0.4, 0.5) is 5.69 Å². The van der Waals surface area contributed by atoms with E-state index in [0.717, 1.165) is 0 Å². The van der Waals surface area contributed by atoms with Gasteiger partial charge in [0.25, 0.3) is 5.91 Å². The molecule has 0 heterocycles. The summed E-state index contributed by atoms with van der Waals surface area (Å²) in [6.07, 6.45) is 0. The number of amides is 1. The molecule has 0 aliphatic rings. The number of carbonyl (C=O) groups excluding carboxylic acids is 1. The van der Waals surface area contributed by atoms with Gasteiger partial charge < -0.3 is 16.2 Å². The first-order valence-corrected chi connectivity index (χ1v) is 4.87. The van der Waals surface area contributed by atoms with Gasteiger partial charge in [-0.2, -0.15) is 0 Å². The number of nitrogens with two attached hydrogens (primary N) is 1. The summed E-state index contributed by atoms with van der Waals surface area (Å²) in [5, 5.41) is 11.2. The maximum Gasteiger partial charge on any atom is 0.325 e. The molecule has 0 unspecified atom stereocenters. The van der Waals surface area contributed by atoms with Crippen molar-refractivity contribution in [2.45, 2.75) is 13.0 Å². The molecule has 1 aromatic carbocycles. The molecule has 0 bridgehead atoms. The largest absolute Gasteiger partial charge is 0.480 e. The third kappa shape index (κ3) is 3.13. The van der Waals surface area contributed by atoms with Crippen LogP contribution in [0.5, 0.6) is 0 Å². The highest BCUT2D eigenvalue weighted by atomic mass is 35.5. The minimum absolute atomic E-state index is 0.234. The number of nitrogens with one attached hydrogen (secondary N) is 1. The topological polar surface area (TPSA) is 92.4 Å². The Hall–Kier alpha value is -1.75. The molecular formula is C10H11ClN2O3. The SMILES string of the molecule is C[C@@H](NC(=O)c1cc(N)cc(Cl)c1)C(=O)O. The van der Waals surface area contributed by atoms with E-state index >= 15 is 0 Å². The Balaban J connectivity index is 2.84. The number of benzene rings is 1. The molecule has 0 saturated heterocycles. The van der Waals surface area contributed by atoms with E-state index in [0.29, 0.717) is 10.7 Å². The molecule has 6 heteroatoms. The van der Waals surface area contributed by atoms with Crippen LogP contribution >= 0.6 is 11.6 Å². The lowest BCUT2D eigenvalue weighted by Gasteiger charge is -2.09. The number of hydrogen-bond donors (Lipinski definition) is 3. The van der Waals surface area contributed by atoms with E-state index in [1.165, 1.54) is 25.1 Å². The predicted molar refractivity (Wildman–Crippen MR) is 60.4 cm³/mol. The molecule has 0 radical (unpaired) electrons. The highest BCUT2D eigenvalue weighted by Crippen LogP contribution is 2.16. The van der Waals surface area contributed by atoms with Gasteiger partial charge in [0.15, 0.2) is 0 Å². The van der Waals surface area contributed by atoms with Crippen molar-refractivity contribution in [1.82, 2.24) is 5.32 Å². The van der Waals surface area contributed by atoms with E-state index in [1.807, 2.05) is 0 Å². The van der Waals surface area contributed by atoms with Crippen LogP contribution in [-0.4, -0.2) is 23.0 Å². The zero-order valence-corrected chi connectivity index (χ0v) is 9.28. The number of carboxylic acids is 1. The highest BCUT2D eigenvalue weighted by molar-refractivity contribution is 6.31. The van der Waals surface area contributed by atoms with Crippen LogP contribution in [-0.2, 0) is 4.79 Å². The van der Waals surface area contributed by atoms with E-state index in [-0.39, 0.29) is 5.56 Å². The average molecular weight is 243 g/mol. The second kappa shape index (κ2) is 4.85. The number of carboxylic acid groups (broad SMARTS) is 1. The monoisotopic (exact) mass is 242 g/mol. The van der Waals surface area contributed by atoms with Gasteiger partial charge in [-0.15, -0.1) is 0 Å². The Morgan fingerprint density at radius 1 is 1.44 bits per heavy atom. The summed E-state index contributed by atoms with van der Waals surface area (Å²) >= 11 is 5.72. The molecule has 1 amide bonds. The quantitative estimate of drug-likeness (QED) is 0.693. The van der Waals surface area contributed by atoms with Gasteiger partial charge in [0.1, 0.15) is 6.04 Å². The summed E-state index contributed by atoms with van der Waals surface area (Å²) in [6, 6.07) is 3.38. The number of carbonyl (C=O) groups is 2. The molecule has 16 heavy (non-hydrogen) atoms. The lowest BCUT2D eigenvalue weighted by Crippen LogP contribution is -2.38. The minimum atomic E-state index is -1.11. The Kier molecular flexibility index (Phi) is 3.73. The van der Waals surface area contributed by atoms with E-state index in [4.69, 9.17) is 22.4 Å². The Morgan fingerprint density at radius 2 is 2.06 bits per heavy atom. The van der Waals surface area contributed by atoms with Crippen molar-refractivity contribution in [3.63, 3.8) is 0 Å². The first kappa shape index (κ1) is 12.3. The zero-order valence-electron chi connectivity index (χ0n) is 8.53. The van der Waals surface area contributed by atoms with Gasteiger partial charge >= 0.3 is 5.97 Å². The van der Waals surface area contributed by atoms with Crippen molar-refractivity contribution >= 4 is 29.2 Å². The Labute approximate surface area is 97.2 Å². The van der Waals surface area contributed by atoms with Crippen LogP contribution in [0.25, 0.3) is 0 Å². The van der Waals surface area contributed by atoms with Gasteiger partial charge in [-0.3, -0.25) is 9.59 Å². The molecule has 0 aliphatic carbocycles. The number of nitrogen functional groups attached to an aromatic ring is 1. The first-order valence-electron chi connectivity index (χ1n) is 4.50. The summed E-state index contributed by atoms with van der Waals surface area (Å²) in [4.78, 5) is 22.1. The molecule has 1 atom stereocenters. The van der Waals surface area contributed by atoms with Gasteiger partial charge in [0.05, 0.1) is 0 Å². The Morgan fingerprint density at radius 3 is 2.56 bits per heavy atom. The van der Waals surface area contributed by atoms with Gasteiger partial charge in [-0.25, -0.2) is 0 Å². The normalized spacial score (nSPS) is 11.9. The molecule has 0 aromatic heterocycles. The van der Waals surface area contributed by atoms with Crippen LogP contribution in [0.15, 0.2) is 18.2 Å². The van der Waals surface area contributed by atoms with Gasteiger partial charge in [-0.05, 0) is 25.1 Å². The standard InChI is InChI=1S/C10H11ClN2O3/c1-5(10(15)16)13-9(14)6-2-7(11)4-8(12)3-6/h2-5H,12H2,1H3,(H,13,14)(H,15,16)/t5-/m1/s1. The molecule has 0 saturated carbocycles. The molecular weight excluding hydrogens is 232 g/mol. The summed E-state index contributed by atoms with van der Waals surface area (Å²) in [5.74, 6) is -1.63. The highest BCUT2D eigenvalue weighted by Gasteiger charge is 2.15. The van der Waals surface area contributed by atoms with Crippen LogP contribution in [0.3, 0.4) is 0 Å². The minimum Gasteiger partial charge on any atom is -0.480 e. The van der Waals surface area contributed by atoms with E-state index in [9.17, 15) is 9.59 Å². The second-order valence-electron chi connectivity index (χ2n) is 3.31. The van der Waals surface area contributed by atoms with Crippen molar-refractivity contribution in [2.75, 3.05) is 5.73 Å². The fourth-order valence-electron chi connectivity index (χ4n) is 1.09. The van der Waals surface area contributed by atoms with Gasteiger partial charge in [-0.1, -0.05) is 11.6 Å². The van der Waals surface area contributed by atoms with Crippen molar-refractivity contribution in [1.29, 1.82) is 0 Å². The summed E-state index contributed by atoms with van der Waals surface area (Å²) in [5.41, 5.74) is 6.09. The second-order valence-corrected chi connectivity index (χ2v) is 3.74. The smallest absolute Gasteiger partial charge is 0.325 e. The lowest BCUT2D eigenvalue weighted by atomic mass is 10.2. The molecule has 4 N–H and O–H groups in total. The molecule has 1 aromatic rings. The van der Waals surface area contributed by atoms with Crippen LogP contribution in [0, 0.1) is 0 Å². The van der Waals surface area contributed by atoms with E-state index < -0.39 is 17.9 Å². The first-order chi connectivity index (χ1) is 7.40. The van der Waals surface area contributed by atoms with Crippen LogP contribution in [0.2, 0.25) is 5.02 Å². The van der Waals surface area contributed by atoms with Crippen molar-refractivity contribution in [3.05, 3.63) is 28.8 Å². The Bertz CT molecular complexity index is 414. The third-order valence-corrected chi connectivity index (χ3v) is 2.12. The molecule has 86 valence electrons. The summed E-state index contributed by atoms with van der Waals surface area (Å²) in [6.45, 7) is 1.37. The lowest BCUT2D eigenvalue weighted by molar-refractivity contribution is -0.138. The molecule has 0 spiro atoms. The fraction of sp³-hybridized carbons (Fsp3) is 0.200. The number of anilines is 1. The van der Waals surface area contributed by atoms with Crippen LogP contribution in [0.1, 0.15) is 17.3 Å². The molecule has 0 aliphatic heterocycles. The molecule has 5 nitrogen and oxygen atoms in total. The number of aliphatic carboxylic acids is 1. The zero-order chi connectivity index (χ0) is 12.3. The maximum absolute atomic E-state index is 11.6. The van der Waals surface area contributed by atoms with Crippen LogP contribution < -0.4 is 11.1 Å². The van der Waals surface area contributed by atoms with Crippen molar-refractivity contribution in [2.24, 2.45) is 0 Å². The van der Waals surface area contributed by atoms with Gasteiger partial charge in [0.2, 0.25) is 0 Å². The van der Waals surface area contributed by atoms with Crippen molar-refractivity contribution < 1.29 is 14.7 Å². The summed E-state index contributed by atoms with van der Waals surface area (Å²) in [7, 11) is 0. The van der Waals surface area contributed by atoms with Gasteiger partial charge in [0, 0.05) is 16.3 Å². The fourth-order valence-corrected chi connectivity index (χ4v) is 1.33. The maximum atomic E-state index is 11.6.